The van der Waals surface area contributed by atoms with E-state index < -0.39 is 28.9 Å². The summed E-state index contributed by atoms with van der Waals surface area (Å²) in [5.74, 6) is -1.67. The van der Waals surface area contributed by atoms with Gasteiger partial charge < -0.3 is 10.6 Å². The van der Waals surface area contributed by atoms with E-state index in [9.17, 15) is 18.4 Å². The standard InChI is InChI=1S/C20H20F2N2O2/c1-12(2)16-8-7-15(11-17(16)22)24-19(26)20(9-10-20)18(25)23-14-5-3-13(21)4-6-14/h3-8,11-12H,9-10H2,1-2H3,(H,23,25)(H,24,26). The number of rotatable bonds is 5. The van der Waals surface area contributed by atoms with Crippen molar-refractivity contribution < 1.29 is 18.4 Å². The molecule has 2 aromatic carbocycles. The zero-order valence-corrected chi connectivity index (χ0v) is 14.6. The van der Waals surface area contributed by atoms with Gasteiger partial charge in [0.15, 0.2) is 0 Å². The van der Waals surface area contributed by atoms with Crippen LogP contribution in [-0.2, 0) is 9.59 Å². The average Bonchev–Trinajstić information content (AvgIpc) is 3.38. The maximum Gasteiger partial charge on any atom is 0.240 e. The van der Waals surface area contributed by atoms with Crippen LogP contribution in [0.2, 0.25) is 0 Å². The Balaban J connectivity index is 1.69. The molecule has 1 aliphatic rings. The van der Waals surface area contributed by atoms with Crippen molar-refractivity contribution in [3.63, 3.8) is 0 Å². The lowest BCUT2D eigenvalue weighted by atomic mass is 10.0. The first-order chi connectivity index (χ1) is 12.3. The van der Waals surface area contributed by atoms with Gasteiger partial charge in [0.2, 0.25) is 11.8 Å². The number of carbonyl (C=O) groups excluding carboxylic acids is 2. The molecule has 0 atom stereocenters. The zero-order valence-electron chi connectivity index (χ0n) is 14.6. The normalized spacial score (nSPS) is 14.8. The highest BCUT2D eigenvalue weighted by Crippen LogP contribution is 2.47. The summed E-state index contributed by atoms with van der Waals surface area (Å²) in [7, 11) is 0. The highest BCUT2D eigenvalue weighted by Gasteiger charge is 2.56. The number of carbonyl (C=O) groups is 2. The average molecular weight is 358 g/mol. The van der Waals surface area contributed by atoms with E-state index in [-0.39, 0.29) is 5.92 Å². The first-order valence-corrected chi connectivity index (χ1v) is 8.50. The summed E-state index contributed by atoms with van der Waals surface area (Å²) in [5, 5.41) is 5.26. The van der Waals surface area contributed by atoms with Crippen molar-refractivity contribution in [1.29, 1.82) is 0 Å². The molecule has 6 heteroatoms. The third-order valence-corrected chi connectivity index (χ3v) is 4.60. The largest absolute Gasteiger partial charge is 0.325 e. The summed E-state index contributed by atoms with van der Waals surface area (Å²) < 4.78 is 27.0. The van der Waals surface area contributed by atoms with Gasteiger partial charge >= 0.3 is 0 Å². The second kappa shape index (κ2) is 6.86. The van der Waals surface area contributed by atoms with Crippen molar-refractivity contribution >= 4 is 23.2 Å². The van der Waals surface area contributed by atoms with Crippen LogP contribution in [0, 0.1) is 17.0 Å². The maximum atomic E-state index is 14.1. The van der Waals surface area contributed by atoms with Gasteiger partial charge in [-0.25, -0.2) is 8.78 Å². The summed E-state index contributed by atoms with van der Waals surface area (Å²) in [4.78, 5) is 25.0. The molecule has 2 amide bonds. The molecule has 0 heterocycles. The molecule has 1 fully saturated rings. The number of halogens is 2. The van der Waals surface area contributed by atoms with Gasteiger partial charge in [-0.05, 0) is 60.7 Å². The highest BCUT2D eigenvalue weighted by atomic mass is 19.1. The third-order valence-electron chi connectivity index (χ3n) is 4.60. The molecular weight excluding hydrogens is 338 g/mol. The first-order valence-electron chi connectivity index (χ1n) is 8.50. The van der Waals surface area contributed by atoms with E-state index in [4.69, 9.17) is 0 Å². The SMILES string of the molecule is CC(C)c1ccc(NC(=O)C2(C(=O)Nc3ccc(F)cc3)CC2)cc1F. The molecule has 0 aromatic heterocycles. The summed E-state index contributed by atoms with van der Waals surface area (Å²) in [6.07, 6.45) is 0.830. The zero-order chi connectivity index (χ0) is 18.9. The van der Waals surface area contributed by atoms with Crippen LogP contribution in [0.1, 0.15) is 38.2 Å². The molecule has 1 saturated carbocycles. The van der Waals surface area contributed by atoms with Crippen molar-refractivity contribution in [1.82, 2.24) is 0 Å². The second-order valence-corrected chi connectivity index (χ2v) is 6.89. The fraction of sp³-hybridized carbons (Fsp3) is 0.300. The van der Waals surface area contributed by atoms with E-state index in [2.05, 4.69) is 10.6 Å². The Bertz CT molecular complexity index is 843. The van der Waals surface area contributed by atoms with Crippen LogP contribution in [0.15, 0.2) is 42.5 Å². The van der Waals surface area contributed by atoms with E-state index in [1.165, 1.54) is 30.3 Å². The van der Waals surface area contributed by atoms with Crippen molar-refractivity contribution in [3.8, 4) is 0 Å². The van der Waals surface area contributed by atoms with Crippen LogP contribution >= 0.6 is 0 Å². The summed E-state index contributed by atoms with van der Waals surface area (Å²) >= 11 is 0. The predicted octanol–water partition coefficient (Wildman–Crippen LogP) is 4.45. The molecule has 2 aromatic rings. The molecule has 0 bridgehead atoms. The first kappa shape index (κ1) is 18.0. The fourth-order valence-electron chi connectivity index (χ4n) is 2.79. The van der Waals surface area contributed by atoms with Crippen LogP contribution in [0.25, 0.3) is 0 Å². The Hall–Kier alpha value is -2.76. The van der Waals surface area contributed by atoms with Gasteiger partial charge in [-0.15, -0.1) is 0 Å². The Labute approximate surface area is 150 Å². The van der Waals surface area contributed by atoms with Crippen LogP contribution < -0.4 is 10.6 Å². The lowest BCUT2D eigenvalue weighted by Crippen LogP contribution is -2.35. The number of nitrogens with one attached hydrogen (secondary N) is 2. The number of benzene rings is 2. The number of amides is 2. The maximum absolute atomic E-state index is 14.1. The fourth-order valence-corrected chi connectivity index (χ4v) is 2.79. The van der Waals surface area contributed by atoms with Crippen LogP contribution in [0.5, 0.6) is 0 Å². The van der Waals surface area contributed by atoms with Gasteiger partial charge in [-0.3, -0.25) is 9.59 Å². The molecule has 4 nitrogen and oxygen atoms in total. The van der Waals surface area contributed by atoms with E-state index in [0.717, 1.165) is 0 Å². The minimum Gasteiger partial charge on any atom is -0.325 e. The van der Waals surface area contributed by atoms with Gasteiger partial charge in [-0.2, -0.15) is 0 Å². The molecule has 26 heavy (non-hydrogen) atoms. The minimum absolute atomic E-state index is 0.0380. The van der Waals surface area contributed by atoms with Crippen molar-refractivity contribution in [3.05, 3.63) is 59.7 Å². The predicted molar refractivity (Wildman–Crippen MR) is 95.8 cm³/mol. The lowest BCUT2D eigenvalue weighted by Gasteiger charge is -2.16. The van der Waals surface area contributed by atoms with Gasteiger partial charge in [0.05, 0.1) is 0 Å². The van der Waals surface area contributed by atoms with Gasteiger partial charge in [-0.1, -0.05) is 19.9 Å². The molecule has 0 aliphatic heterocycles. The number of hydrogen-bond acceptors (Lipinski definition) is 2. The Morgan fingerprint density at radius 2 is 1.46 bits per heavy atom. The smallest absolute Gasteiger partial charge is 0.240 e. The quantitative estimate of drug-likeness (QED) is 0.776. The van der Waals surface area contributed by atoms with Crippen molar-refractivity contribution in [2.24, 2.45) is 5.41 Å². The third kappa shape index (κ3) is 3.59. The molecule has 3 rings (SSSR count). The van der Waals surface area contributed by atoms with E-state index in [1.54, 1.807) is 12.1 Å². The minimum atomic E-state index is -1.17. The van der Waals surface area contributed by atoms with E-state index in [0.29, 0.717) is 29.8 Å². The highest BCUT2D eigenvalue weighted by molar-refractivity contribution is 6.16. The second-order valence-electron chi connectivity index (χ2n) is 6.89. The number of anilines is 2. The summed E-state index contributed by atoms with van der Waals surface area (Å²) in [5.41, 5.74) is 0.139. The van der Waals surface area contributed by atoms with Crippen molar-refractivity contribution in [2.45, 2.75) is 32.6 Å². The van der Waals surface area contributed by atoms with Crippen LogP contribution in [-0.4, -0.2) is 11.8 Å². The van der Waals surface area contributed by atoms with Crippen LogP contribution in [0.4, 0.5) is 20.2 Å². The van der Waals surface area contributed by atoms with E-state index in [1.807, 2.05) is 13.8 Å². The van der Waals surface area contributed by atoms with Gasteiger partial charge in [0.25, 0.3) is 0 Å². The lowest BCUT2D eigenvalue weighted by molar-refractivity contribution is -0.131. The monoisotopic (exact) mass is 358 g/mol. The van der Waals surface area contributed by atoms with Gasteiger partial charge in [0, 0.05) is 11.4 Å². The Morgan fingerprint density at radius 1 is 0.923 bits per heavy atom. The molecule has 0 saturated heterocycles. The molecule has 0 spiro atoms. The van der Waals surface area contributed by atoms with Crippen molar-refractivity contribution in [2.75, 3.05) is 10.6 Å². The Morgan fingerprint density at radius 3 is 1.96 bits per heavy atom. The molecule has 136 valence electrons. The number of hydrogen-bond donors (Lipinski definition) is 2. The van der Waals surface area contributed by atoms with E-state index >= 15 is 0 Å². The molecule has 1 aliphatic carbocycles. The molecule has 2 N–H and O–H groups in total. The summed E-state index contributed by atoms with van der Waals surface area (Å²) in [6, 6.07) is 9.85. The molecular formula is C20H20F2N2O2. The Kier molecular flexibility index (Phi) is 4.76. The molecule has 0 radical (unpaired) electrons. The summed E-state index contributed by atoms with van der Waals surface area (Å²) in [6.45, 7) is 3.77. The van der Waals surface area contributed by atoms with Crippen LogP contribution in [0.3, 0.4) is 0 Å². The topological polar surface area (TPSA) is 58.2 Å². The van der Waals surface area contributed by atoms with Gasteiger partial charge in [0.1, 0.15) is 17.0 Å². The molecule has 0 unspecified atom stereocenters.